The number of carbonyl (C=O) groups is 1. The van der Waals surface area contributed by atoms with Crippen LogP contribution in [0.1, 0.15) is 59.4 Å². The second-order valence-corrected chi connectivity index (χ2v) is 13.5. The van der Waals surface area contributed by atoms with Gasteiger partial charge in [0.2, 0.25) is 10.0 Å². The lowest BCUT2D eigenvalue weighted by atomic mass is 9.97. The van der Waals surface area contributed by atoms with Gasteiger partial charge in [-0.05, 0) is 76.6 Å². The normalized spacial score (nSPS) is 18.2. The third kappa shape index (κ3) is 6.09. The van der Waals surface area contributed by atoms with Crippen LogP contribution in [-0.2, 0) is 29.9 Å². The summed E-state index contributed by atoms with van der Waals surface area (Å²) in [6.45, 7) is 5.20. The smallest absolute Gasteiger partial charge is 0.272 e. The molecular formula is C30H42N6O3S. The maximum Gasteiger partial charge on any atom is 0.272 e. The first kappa shape index (κ1) is 28.7. The Bertz CT molecular complexity index is 1450. The number of aryl methyl sites for hydroxylation is 3. The van der Waals surface area contributed by atoms with E-state index in [1.165, 1.54) is 33.4 Å². The number of hydrogen-bond donors (Lipinski definition) is 0. The van der Waals surface area contributed by atoms with Crippen molar-refractivity contribution in [1.82, 2.24) is 28.6 Å². The highest BCUT2D eigenvalue weighted by molar-refractivity contribution is 7.88. The molecule has 216 valence electrons. The van der Waals surface area contributed by atoms with Crippen LogP contribution in [0.15, 0.2) is 36.8 Å². The van der Waals surface area contributed by atoms with Gasteiger partial charge in [-0.15, -0.1) is 0 Å². The molecule has 40 heavy (non-hydrogen) atoms. The van der Waals surface area contributed by atoms with Crippen LogP contribution in [0.25, 0.3) is 10.9 Å². The summed E-state index contributed by atoms with van der Waals surface area (Å²) < 4.78 is 27.5. The average Bonchev–Trinajstić information content (AvgIpc) is 3.28. The second kappa shape index (κ2) is 12.0. The quantitative estimate of drug-likeness (QED) is 0.415. The van der Waals surface area contributed by atoms with Crippen molar-refractivity contribution in [2.45, 2.75) is 64.0 Å². The third-order valence-corrected chi connectivity index (χ3v) is 10.4. The van der Waals surface area contributed by atoms with Crippen LogP contribution in [0, 0.1) is 6.92 Å². The molecule has 2 aromatic heterocycles. The Labute approximate surface area is 238 Å². The number of piperidine rings is 2. The Kier molecular flexibility index (Phi) is 8.58. The monoisotopic (exact) mass is 566 g/mol. The predicted octanol–water partition coefficient (Wildman–Crippen LogP) is 3.41. The lowest BCUT2D eigenvalue weighted by molar-refractivity contribution is 0.0542. The number of rotatable bonds is 8. The fourth-order valence-electron chi connectivity index (χ4n) is 6.49. The predicted molar refractivity (Wildman–Crippen MR) is 158 cm³/mol. The van der Waals surface area contributed by atoms with Gasteiger partial charge in [-0.25, -0.2) is 22.7 Å². The summed E-state index contributed by atoms with van der Waals surface area (Å²) in [6, 6.07) is 9.00. The van der Waals surface area contributed by atoms with Gasteiger partial charge in [0.1, 0.15) is 12.0 Å². The Morgan fingerprint density at radius 2 is 1.73 bits per heavy atom. The molecule has 0 radical (unpaired) electrons. The van der Waals surface area contributed by atoms with E-state index in [4.69, 9.17) is 0 Å². The standard InChI is InChI=1S/C30H42N6O3S/c1-22-27(10-7-8-23-20-33(2)28-11-6-5-9-26(23)28)31-21-32-29(22)30(37)36-18-14-25(15-19-36)35-16-12-24(13-17-35)34(3)40(4,38)39/h5-6,9,11,20-21,24-25H,7-8,10,12-19H2,1-4H3. The first-order valence-electron chi connectivity index (χ1n) is 14.4. The summed E-state index contributed by atoms with van der Waals surface area (Å²) in [6.07, 6.45) is 11.3. The molecule has 0 N–H and O–H groups in total. The summed E-state index contributed by atoms with van der Waals surface area (Å²) in [5.74, 6) is 0.00198. The zero-order chi connectivity index (χ0) is 28.4. The van der Waals surface area contributed by atoms with E-state index in [1.54, 1.807) is 7.05 Å². The molecular weight excluding hydrogens is 524 g/mol. The van der Waals surface area contributed by atoms with Crippen molar-refractivity contribution in [3.05, 3.63) is 59.3 Å². The van der Waals surface area contributed by atoms with E-state index in [0.717, 1.165) is 69.3 Å². The van der Waals surface area contributed by atoms with Crippen LogP contribution in [-0.4, -0.2) is 94.5 Å². The number of sulfonamides is 1. The molecule has 0 saturated carbocycles. The average molecular weight is 567 g/mol. The number of nitrogens with zero attached hydrogens (tertiary/aromatic N) is 6. The largest absolute Gasteiger partial charge is 0.350 e. The van der Waals surface area contributed by atoms with Gasteiger partial charge in [0.15, 0.2) is 0 Å². The first-order valence-corrected chi connectivity index (χ1v) is 16.3. The van der Waals surface area contributed by atoms with E-state index in [0.29, 0.717) is 24.8 Å². The van der Waals surface area contributed by atoms with Crippen LogP contribution in [0.5, 0.6) is 0 Å². The minimum absolute atomic E-state index is 0.00198. The molecule has 4 heterocycles. The topological polar surface area (TPSA) is 91.6 Å². The van der Waals surface area contributed by atoms with Crippen LogP contribution in [0.3, 0.4) is 0 Å². The molecule has 10 heteroatoms. The highest BCUT2D eigenvalue weighted by atomic mass is 32.2. The lowest BCUT2D eigenvalue weighted by Crippen LogP contribution is -2.52. The van der Waals surface area contributed by atoms with Gasteiger partial charge in [-0.2, -0.15) is 0 Å². The fourth-order valence-corrected chi connectivity index (χ4v) is 7.25. The van der Waals surface area contributed by atoms with Gasteiger partial charge in [0.05, 0.1) is 6.26 Å². The number of fused-ring (bicyclic) bond motifs is 1. The van der Waals surface area contributed by atoms with Crippen LogP contribution in [0.2, 0.25) is 0 Å². The van der Waals surface area contributed by atoms with Gasteiger partial charge in [-0.1, -0.05) is 18.2 Å². The molecule has 0 unspecified atom stereocenters. The number of benzene rings is 1. The van der Waals surface area contributed by atoms with E-state index in [-0.39, 0.29) is 11.9 Å². The molecule has 9 nitrogen and oxygen atoms in total. The fraction of sp³-hybridized carbons (Fsp3) is 0.567. The summed E-state index contributed by atoms with van der Waals surface area (Å²) in [5.41, 5.74) is 4.96. The zero-order valence-corrected chi connectivity index (χ0v) is 25.0. The molecule has 2 aliphatic heterocycles. The summed E-state index contributed by atoms with van der Waals surface area (Å²) in [4.78, 5) is 26.8. The molecule has 2 aliphatic rings. The lowest BCUT2D eigenvalue weighted by Gasteiger charge is -2.43. The van der Waals surface area contributed by atoms with E-state index < -0.39 is 10.0 Å². The van der Waals surface area contributed by atoms with Crippen molar-refractivity contribution in [2.24, 2.45) is 7.05 Å². The Morgan fingerprint density at radius 1 is 1.02 bits per heavy atom. The third-order valence-electron chi connectivity index (χ3n) is 9.03. The SMILES string of the molecule is Cc1c(CCCc2cn(C)c3ccccc23)ncnc1C(=O)N1CCC(N2CCC(N(C)S(C)(=O)=O)CC2)CC1. The van der Waals surface area contributed by atoms with Crippen LogP contribution in [0.4, 0.5) is 0 Å². The molecule has 0 aliphatic carbocycles. The van der Waals surface area contributed by atoms with Gasteiger partial charge >= 0.3 is 0 Å². The molecule has 2 fully saturated rings. The van der Waals surface area contributed by atoms with Crippen molar-refractivity contribution in [3.8, 4) is 0 Å². The van der Waals surface area contributed by atoms with Gasteiger partial charge in [-0.3, -0.25) is 4.79 Å². The number of amides is 1. The Balaban J connectivity index is 1.14. The van der Waals surface area contributed by atoms with Gasteiger partial charge < -0.3 is 14.4 Å². The minimum atomic E-state index is -3.16. The molecule has 0 spiro atoms. The van der Waals surface area contributed by atoms with Crippen molar-refractivity contribution < 1.29 is 13.2 Å². The number of carbonyl (C=O) groups excluding carboxylic acids is 1. The molecule has 0 bridgehead atoms. The Hall–Kier alpha value is -2.82. The van der Waals surface area contributed by atoms with Crippen LogP contribution >= 0.6 is 0 Å². The number of para-hydroxylation sites is 1. The van der Waals surface area contributed by atoms with E-state index in [1.807, 2.05) is 11.8 Å². The highest BCUT2D eigenvalue weighted by Crippen LogP contribution is 2.26. The molecule has 0 atom stereocenters. The minimum Gasteiger partial charge on any atom is -0.350 e. The van der Waals surface area contributed by atoms with Crippen LogP contribution < -0.4 is 0 Å². The second-order valence-electron chi connectivity index (χ2n) is 11.5. The zero-order valence-electron chi connectivity index (χ0n) is 24.2. The van der Waals surface area contributed by atoms with Gasteiger partial charge in [0.25, 0.3) is 5.91 Å². The molecule has 3 aromatic rings. The maximum absolute atomic E-state index is 13.5. The number of likely N-dealkylation sites (tertiary alicyclic amines) is 2. The molecule has 2 saturated heterocycles. The van der Waals surface area contributed by atoms with Crippen molar-refractivity contribution in [2.75, 3.05) is 39.5 Å². The molecule has 1 amide bonds. The first-order chi connectivity index (χ1) is 19.1. The number of hydrogen-bond acceptors (Lipinski definition) is 6. The highest BCUT2D eigenvalue weighted by Gasteiger charge is 2.33. The Morgan fingerprint density at radius 3 is 2.42 bits per heavy atom. The van der Waals surface area contributed by atoms with Crippen molar-refractivity contribution in [3.63, 3.8) is 0 Å². The van der Waals surface area contributed by atoms with Gasteiger partial charge in [0, 0.05) is 67.6 Å². The summed E-state index contributed by atoms with van der Waals surface area (Å²) in [7, 11) is 0.612. The molecule has 1 aromatic carbocycles. The van der Waals surface area contributed by atoms with E-state index in [2.05, 4.69) is 56.9 Å². The van der Waals surface area contributed by atoms with E-state index in [9.17, 15) is 13.2 Å². The number of aromatic nitrogens is 3. The molecule has 5 rings (SSSR count). The maximum atomic E-state index is 13.5. The van der Waals surface area contributed by atoms with Crippen molar-refractivity contribution in [1.29, 1.82) is 0 Å². The summed E-state index contributed by atoms with van der Waals surface area (Å²) >= 11 is 0. The summed E-state index contributed by atoms with van der Waals surface area (Å²) in [5, 5.41) is 1.30. The van der Waals surface area contributed by atoms with Crippen molar-refractivity contribution >= 4 is 26.8 Å². The van der Waals surface area contributed by atoms with E-state index >= 15 is 0 Å².